The Morgan fingerprint density at radius 1 is 0.800 bits per heavy atom. The summed E-state index contributed by atoms with van der Waals surface area (Å²) in [6.45, 7) is 0. The van der Waals surface area contributed by atoms with E-state index < -0.39 is 4.92 Å². The van der Waals surface area contributed by atoms with Gasteiger partial charge in [-0.05, 0) is 52.6 Å². The summed E-state index contributed by atoms with van der Waals surface area (Å²) in [5.74, 6) is 0.0595. The number of rotatable bonds is 2. The number of hydrogen-bond acceptors (Lipinski definition) is 4. The van der Waals surface area contributed by atoms with Crippen molar-refractivity contribution < 1.29 is 14.5 Å². The van der Waals surface area contributed by atoms with Gasteiger partial charge in [-0.25, -0.2) is 0 Å². The lowest BCUT2D eigenvalue weighted by molar-refractivity contribution is -0.384. The van der Waals surface area contributed by atoms with Crippen molar-refractivity contribution in [2.75, 3.05) is 10.6 Å². The summed E-state index contributed by atoms with van der Waals surface area (Å²) in [4.78, 5) is 32.5. The zero-order valence-electron chi connectivity index (χ0n) is 15.6. The number of carbonyl (C=O) groups excluding carboxylic acids is 2. The number of halogens is 1. The van der Waals surface area contributed by atoms with Crippen molar-refractivity contribution in [1.82, 2.24) is 0 Å². The van der Waals surface area contributed by atoms with Crippen molar-refractivity contribution in [3.05, 3.63) is 86.4 Å². The van der Waals surface area contributed by atoms with Crippen molar-refractivity contribution in [3.8, 4) is 11.1 Å². The monoisotopic (exact) mass is 465 g/mol. The molecule has 3 aromatic rings. The molecule has 150 valence electrons. The first-order valence-corrected chi connectivity index (χ1v) is 9.94. The summed E-state index contributed by atoms with van der Waals surface area (Å²) < 4.78 is 1.02. The minimum Gasteiger partial charge on any atom is -0.326 e. The highest BCUT2D eigenvalue weighted by Gasteiger charge is 2.18. The van der Waals surface area contributed by atoms with Crippen LogP contribution in [-0.2, 0) is 22.4 Å². The van der Waals surface area contributed by atoms with Crippen molar-refractivity contribution >= 4 is 44.8 Å². The lowest BCUT2D eigenvalue weighted by Crippen LogP contribution is -2.03. The fraction of sp³-hybridized carbons (Fsp3) is 0.0909. The fourth-order valence-electron chi connectivity index (χ4n) is 3.41. The van der Waals surface area contributed by atoms with Crippen LogP contribution in [0.1, 0.15) is 11.1 Å². The minimum atomic E-state index is -0.415. The number of nitrogens with one attached hydrogen (secondary N) is 2. The Bertz CT molecular complexity index is 1190. The second-order valence-electron chi connectivity index (χ2n) is 6.93. The van der Waals surface area contributed by atoms with Crippen LogP contribution in [0.25, 0.3) is 11.1 Å². The van der Waals surface area contributed by atoms with Crippen LogP contribution in [0, 0.1) is 10.1 Å². The normalized spacial score (nSPS) is 13.5. The van der Waals surface area contributed by atoms with Crippen LogP contribution in [0.5, 0.6) is 0 Å². The van der Waals surface area contributed by atoms with Gasteiger partial charge in [-0.1, -0.05) is 34.1 Å². The SMILES string of the molecule is O=C1Cc2cc(-c3cccc([N+](=O)[O-])c3)ccc2N1.O=C1Cc2cc(Br)ccc2N1. The second kappa shape index (κ2) is 8.08. The number of anilines is 2. The zero-order chi connectivity index (χ0) is 21.3. The standard InChI is InChI=1S/C14H10N2O3.C8H6BrNO/c17-14-8-11-6-10(4-5-13(11)15-14)9-2-1-3-12(7-9)16(18)19;9-6-1-2-7-5(3-6)4-8(11)10-7/h1-7H,8H2,(H,15,17);1-3H,4H2,(H,10,11). The van der Waals surface area contributed by atoms with E-state index in [9.17, 15) is 19.7 Å². The van der Waals surface area contributed by atoms with E-state index >= 15 is 0 Å². The Kier molecular flexibility index (Phi) is 5.33. The van der Waals surface area contributed by atoms with Gasteiger partial charge in [-0.15, -0.1) is 0 Å². The van der Waals surface area contributed by atoms with E-state index in [-0.39, 0.29) is 17.5 Å². The highest BCUT2D eigenvalue weighted by molar-refractivity contribution is 9.10. The lowest BCUT2D eigenvalue weighted by atomic mass is 10.0. The second-order valence-corrected chi connectivity index (χ2v) is 7.85. The molecule has 0 aromatic heterocycles. The predicted molar refractivity (Wildman–Crippen MR) is 117 cm³/mol. The molecule has 3 aromatic carbocycles. The van der Waals surface area contributed by atoms with Gasteiger partial charge in [-0.2, -0.15) is 0 Å². The molecule has 0 saturated heterocycles. The number of fused-ring (bicyclic) bond motifs is 2. The first kappa shape index (κ1) is 19.8. The molecule has 5 rings (SSSR count). The van der Waals surface area contributed by atoms with E-state index in [1.54, 1.807) is 6.07 Å². The highest BCUT2D eigenvalue weighted by atomic mass is 79.9. The number of non-ortho nitro benzene ring substituents is 1. The molecule has 2 amide bonds. The maximum atomic E-state index is 11.3. The predicted octanol–water partition coefficient (Wildman–Crippen LogP) is 4.70. The molecule has 2 aliphatic heterocycles. The molecule has 0 aliphatic carbocycles. The quantitative estimate of drug-likeness (QED) is 0.422. The van der Waals surface area contributed by atoms with Crippen LogP contribution in [0.15, 0.2) is 65.1 Å². The van der Waals surface area contributed by atoms with E-state index in [1.807, 2.05) is 42.5 Å². The van der Waals surface area contributed by atoms with Gasteiger partial charge in [0.15, 0.2) is 0 Å². The highest BCUT2D eigenvalue weighted by Crippen LogP contribution is 2.30. The Balaban J connectivity index is 0.000000168. The van der Waals surface area contributed by atoms with Crippen molar-refractivity contribution in [1.29, 1.82) is 0 Å². The molecule has 0 unspecified atom stereocenters. The summed E-state index contributed by atoms with van der Waals surface area (Å²) in [7, 11) is 0. The molecular weight excluding hydrogens is 450 g/mol. The molecule has 2 heterocycles. The van der Waals surface area contributed by atoms with E-state index in [1.165, 1.54) is 12.1 Å². The van der Waals surface area contributed by atoms with Crippen LogP contribution >= 0.6 is 15.9 Å². The first-order valence-electron chi connectivity index (χ1n) is 9.15. The first-order chi connectivity index (χ1) is 14.4. The maximum absolute atomic E-state index is 11.3. The van der Waals surface area contributed by atoms with Gasteiger partial charge in [-0.3, -0.25) is 19.7 Å². The van der Waals surface area contributed by atoms with E-state index in [0.29, 0.717) is 12.8 Å². The Labute approximate surface area is 180 Å². The molecule has 7 nitrogen and oxygen atoms in total. The topological polar surface area (TPSA) is 101 Å². The van der Waals surface area contributed by atoms with Crippen LogP contribution in [0.2, 0.25) is 0 Å². The smallest absolute Gasteiger partial charge is 0.270 e. The zero-order valence-corrected chi connectivity index (χ0v) is 17.2. The van der Waals surface area contributed by atoms with Gasteiger partial charge in [0.25, 0.3) is 5.69 Å². The summed E-state index contributed by atoms with van der Waals surface area (Å²) >= 11 is 3.35. The van der Waals surface area contributed by atoms with Gasteiger partial charge >= 0.3 is 0 Å². The molecule has 30 heavy (non-hydrogen) atoms. The molecule has 0 spiro atoms. The summed E-state index contributed by atoms with van der Waals surface area (Å²) in [5.41, 5.74) is 5.47. The molecule has 2 N–H and O–H groups in total. The summed E-state index contributed by atoms with van der Waals surface area (Å²) in [5, 5.41) is 16.3. The van der Waals surface area contributed by atoms with E-state index in [2.05, 4.69) is 26.6 Å². The molecule has 0 radical (unpaired) electrons. The van der Waals surface area contributed by atoms with Gasteiger partial charge in [0.1, 0.15) is 0 Å². The van der Waals surface area contributed by atoms with E-state index in [4.69, 9.17) is 0 Å². The summed E-state index contributed by atoms with van der Waals surface area (Å²) in [6.07, 6.45) is 0.868. The third kappa shape index (κ3) is 4.23. The Morgan fingerprint density at radius 2 is 1.40 bits per heavy atom. The van der Waals surface area contributed by atoms with Gasteiger partial charge in [0.05, 0.1) is 17.8 Å². The lowest BCUT2D eigenvalue weighted by Gasteiger charge is -2.04. The average Bonchev–Trinajstić information content (AvgIpc) is 3.27. The van der Waals surface area contributed by atoms with Crippen molar-refractivity contribution in [3.63, 3.8) is 0 Å². The number of hydrogen-bond donors (Lipinski definition) is 2. The summed E-state index contributed by atoms with van der Waals surface area (Å²) in [6, 6.07) is 17.8. The molecular formula is C22H16BrN3O4. The minimum absolute atomic E-state index is 0.0220. The van der Waals surface area contributed by atoms with Crippen molar-refractivity contribution in [2.24, 2.45) is 0 Å². The molecule has 2 aliphatic rings. The molecule has 8 heteroatoms. The Hall–Kier alpha value is -3.52. The maximum Gasteiger partial charge on any atom is 0.270 e. The van der Waals surface area contributed by atoms with Gasteiger partial charge in [0.2, 0.25) is 11.8 Å². The molecule has 0 atom stereocenters. The number of carbonyl (C=O) groups is 2. The number of nitro benzene ring substituents is 1. The third-order valence-corrected chi connectivity index (χ3v) is 5.31. The third-order valence-electron chi connectivity index (χ3n) is 4.81. The molecule has 0 saturated carbocycles. The van der Waals surface area contributed by atoms with Crippen molar-refractivity contribution in [2.45, 2.75) is 12.8 Å². The number of amides is 2. The average molecular weight is 466 g/mol. The largest absolute Gasteiger partial charge is 0.326 e. The van der Waals surface area contributed by atoms with Gasteiger partial charge in [0, 0.05) is 28.0 Å². The number of benzene rings is 3. The molecule has 0 fully saturated rings. The van der Waals surface area contributed by atoms with E-state index in [0.717, 1.165) is 38.1 Å². The number of nitro groups is 1. The molecule has 0 bridgehead atoms. The van der Waals surface area contributed by atoms with Crippen LogP contribution in [-0.4, -0.2) is 16.7 Å². The Morgan fingerprint density at radius 3 is 2.07 bits per heavy atom. The van der Waals surface area contributed by atoms with Crippen LogP contribution < -0.4 is 10.6 Å². The van der Waals surface area contributed by atoms with Crippen LogP contribution in [0.4, 0.5) is 17.1 Å². The number of nitrogens with zero attached hydrogens (tertiary/aromatic N) is 1. The van der Waals surface area contributed by atoms with Gasteiger partial charge < -0.3 is 10.6 Å². The van der Waals surface area contributed by atoms with Crippen LogP contribution in [0.3, 0.4) is 0 Å². The fourth-order valence-corrected chi connectivity index (χ4v) is 3.81.